The van der Waals surface area contributed by atoms with Gasteiger partial charge >= 0.3 is 0 Å². The molecule has 0 unspecified atom stereocenters. The number of fused-ring (bicyclic) bond motifs is 6. The minimum absolute atomic E-state index is 0.649. The standard InChI is InChI=1S/C45H27N3S2/c1-2-10-28(11-3-1)43-46-44(33-14-8-12-29(24-33)31-20-22-37-35-16-4-6-18-39(35)49-41(37)26-31)48-45(47-43)34-15-9-13-30(25-34)32-21-23-38-36-17-5-7-19-40(36)50-42(38)27-32/h1-27H. The van der Waals surface area contributed by atoms with E-state index in [9.17, 15) is 0 Å². The third kappa shape index (κ3) is 5.07. The zero-order valence-electron chi connectivity index (χ0n) is 26.7. The summed E-state index contributed by atoms with van der Waals surface area (Å²) in [6.07, 6.45) is 0. The van der Waals surface area contributed by atoms with Gasteiger partial charge in [-0.05, 0) is 58.7 Å². The lowest BCUT2D eigenvalue weighted by atomic mass is 10.0. The van der Waals surface area contributed by atoms with Gasteiger partial charge in [0, 0.05) is 57.0 Å². The van der Waals surface area contributed by atoms with E-state index in [-0.39, 0.29) is 0 Å². The van der Waals surface area contributed by atoms with Gasteiger partial charge in [0.25, 0.3) is 0 Å². The van der Waals surface area contributed by atoms with Gasteiger partial charge in [-0.3, -0.25) is 0 Å². The highest BCUT2D eigenvalue weighted by Gasteiger charge is 2.15. The van der Waals surface area contributed by atoms with Gasteiger partial charge in [-0.1, -0.05) is 127 Å². The van der Waals surface area contributed by atoms with E-state index in [0.717, 1.165) is 27.8 Å². The fourth-order valence-corrected chi connectivity index (χ4v) is 9.13. The smallest absolute Gasteiger partial charge is 0.164 e. The number of hydrogen-bond donors (Lipinski definition) is 0. The Labute approximate surface area is 296 Å². The normalized spacial score (nSPS) is 11.6. The molecule has 5 heteroatoms. The first-order chi connectivity index (χ1) is 24.7. The maximum absolute atomic E-state index is 5.11. The molecule has 7 aromatic carbocycles. The number of thiophene rings is 2. The lowest BCUT2D eigenvalue weighted by Gasteiger charge is -2.11. The van der Waals surface area contributed by atoms with Crippen LogP contribution >= 0.6 is 22.7 Å². The molecule has 0 aliphatic carbocycles. The van der Waals surface area contributed by atoms with Gasteiger partial charge in [0.15, 0.2) is 17.5 Å². The van der Waals surface area contributed by atoms with Crippen molar-refractivity contribution in [3.05, 3.63) is 164 Å². The molecule has 0 spiro atoms. The first-order valence-electron chi connectivity index (χ1n) is 16.6. The number of aromatic nitrogens is 3. The summed E-state index contributed by atoms with van der Waals surface area (Å²) in [7, 11) is 0. The Kier molecular flexibility index (Phi) is 6.86. The van der Waals surface area contributed by atoms with Crippen molar-refractivity contribution in [2.45, 2.75) is 0 Å². The minimum atomic E-state index is 0.649. The van der Waals surface area contributed by atoms with Crippen molar-refractivity contribution in [1.29, 1.82) is 0 Å². The summed E-state index contributed by atoms with van der Waals surface area (Å²) < 4.78 is 5.19. The van der Waals surface area contributed by atoms with E-state index in [2.05, 4.69) is 146 Å². The van der Waals surface area contributed by atoms with E-state index in [1.54, 1.807) is 0 Å². The third-order valence-electron chi connectivity index (χ3n) is 9.33. The Hall–Kier alpha value is -6.01. The first kappa shape index (κ1) is 29.0. The van der Waals surface area contributed by atoms with E-state index >= 15 is 0 Å². The van der Waals surface area contributed by atoms with Crippen LogP contribution in [-0.2, 0) is 0 Å². The van der Waals surface area contributed by atoms with Crippen LogP contribution in [0.25, 0.3) is 96.8 Å². The average Bonchev–Trinajstić information content (AvgIpc) is 3.76. The summed E-state index contributed by atoms with van der Waals surface area (Å²) >= 11 is 3.68. The van der Waals surface area contributed by atoms with Crippen LogP contribution < -0.4 is 0 Å². The fraction of sp³-hybridized carbons (Fsp3) is 0. The predicted octanol–water partition coefficient (Wildman–Crippen LogP) is 12.9. The zero-order chi connectivity index (χ0) is 33.0. The molecule has 10 aromatic rings. The molecule has 0 atom stereocenters. The molecule has 3 aromatic heterocycles. The van der Waals surface area contributed by atoms with E-state index in [1.807, 2.05) is 40.9 Å². The zero-order valence-corrected chi connectivity index (χ0v) is 28.4. The van der Waals surface area contributed by atoms with Gasteiger partial charge in [-0.2, -0.15) is 0 Å². The van der Waals surface area contributed by atoms with Crippen LogP contribution in [0, 0.1) is 0 Å². The summed E-state index contributed by atoms with van der Waals surface area (Å²) in [5, 5.41) is 5.21. The molecule has 0 saturated heterocycles. The molecule has 3 heterocycles. The summed E-state index contributed by atoms with van der Waals surface area (Å²) in [6.45, 7) is 0. The van der Waals surface area contributed by atoms with E-state index < -0.39 is 0 Å². The lowest BCUT2D eigenvalue weighted by Crippen LogP contribution is -2.00. The van der Waals surface area contributed by atoms with Crippen molar-refractivity contribution in [2.75, 3.05) is 0 Å². The summed E-state index contributed by atoms with van der Waals surface area (Å²) in [6, 6.07) is 58.0. The molecule has 0 aliphatic heterocycles. The number of hydrogen-bond acceptors (Lipinski definition) is 5. The van der Waals surface area contributed by atoms with Crippen molar-refractivity contribution in [2.24, 2.45) is 0 Å². The van der Waals surface area contributed by atoms with Crippen molar-refractivity contribution in [1.82, 2.24) is 15.0 Å². The molecule has 0 saturated carbocycles. The van der Waals surface area contributed by atoms with Crippen molar-refractivity contribution in [3.63, 3.8) is 0 Å². The van der Waals surface area contributed by atoms with Crippen molar-refractivity contribution < 1.29 is 0 Å². The highest BCUT2D eigenvalue weighted by atomic mass is 32.1. The van der Waals surface area contributed by atoms with Gasteiger partial charge < -0.3 is 0 Å². The number of nitrogens with zero attached hydrogens (tertiary/aromatic N) is 3. The second-order valence-corrected chi connectivity index (χ2v) is 14.6. The Balaban J connectivity index is 1.07. The van der Waals surface area contributed by atoms with E-state index in [1.165, 1.54) is 51.5 Å². The monoisotopic (exact) mass is 673 g/mol. The Morgan fingerprint density at radius 3 is 1.16 bits per heavy atom. The van der Waals surface area contributed by atoms with Crippen LogP contribution in [0.4, 0.5) is 0 Å². The van der Waals surface area contributed by atoms with Crippen LogP contribution in [0.2, 0.25) is 0 Å². The molecular weight excluding hydrogens is 647 g/mol. The van der Waals surface area contributed by atoms with Gasteiger partial charge in [-0.15, -0.1) is 22.7 Å². The quantitative estimate of drug-likeness (QED) is 0.182. The molecule has 50 heavy (non-hydrogen) atoms. The van der Waals surface area contributed by atoms with Gasteiger partial charge in [0.2, 0.25) is 0 Å². The second-order valence-electron chi connectivity index (χ2n) is 12.5. The summed E-state index contributed by atoms with van der Waals surface area (Å²) in [4.78, 5) is 15.2. The Morgan fingerprint density at radius 2 is 0.640 bits per heavy atom. The highest BCUT2D eigenvalue weighted by Crippen LogP contribution is 2.38. The fourth-order valence-electron chi connectivity index (χ4n) is 6.84. The topological polar surface area (TPSA) is 38.7 Å². The summed E-state index contributed by atoms with van der Waals surface area (Å²) in [5.41, 5.74) is 7.46. The van der Waals surface area contributed by atoms with Crippen LogP contribution in [0.3, 0.4) is 0 Å². The van der Waals surface area contributed by atoms with Crippen molar-refractivity contribution in [3.8, 4) is 56.4 Å². The number of benzene rings is 7. The lowest BCUT2D eigenvalue weighted by molar-refractivity contribution is 1.07. The molecule has 0 bridgehead atoms. The van der Waals surface area contributed by atoms with Crippen LogP contribution in [0.1, 0.15) is 0 Å². The molecule has 0 N–H and O–H groups in total. The van der Waals surface area contributed by atoms with Crippen LogP contribution in [0.5, 0.6) is 0 Å². The molecule has 0 aliphatic rings. The van der Waals surface area contributed by atoms with E-state index in [4.69, 9.17) is 15.0 Å². The van der Waals surface area contributed by atoms with Gasteiger partial charge in [-0.25, -0.2) is 15.0 Å². The Bertz CT molecular complexity index is 2710. The van der Waals surface area contributed by atoms with E-state index in [0.29, 0.717) is 17.5 Å². The number of rotatable bonds is 5. The van der Waals surface area contributed by atoms with Crippen LogP contribution in [-0.4, -0.2) is 15.0 Å². The largest absolute Gasteiger partial charge is 0.208 e. The second kappa shape index (κ2) is 11.8. The molecule has 0 radical (unpaired) electrons. The third-order valence-corrected chi connectivity index (χ3v) is 11.6. The Morgan fingerprint density at radius 1 is 0.260 bits per heavy atom. The maximum Gasteiger partial charge on any atom is 0.164 e. The van der Waals surface area contributed by atoms with Gasteiger partial charge in [0.1, 0.15) is 0 Å². The molecular formula is C45H27N3S2. The molecule has 10 rings (SSSR count). The molecule has 3 nitrogen and oxygen atoms in total. The average molecular weight is 674 g/mol. The van der Waals surface area contributed by atoms with Gasteiger partial charge in [0.05, 0.1) is 0 Å². The maximum atomic E-state index is 5.11. The highest BCUT2D eigenvalue weighted by molar-refractivity contribution is 7.26. The van der Waals surface area contributed by atoms with Crippen molar-refractivity contribution >= 4 is 63.0 Å². The summed E-state index contributed by atoms with van der Waals surface area (Å²) in [5.74, 6) is 1.95. The molecule has 0 fully saturated rings. The first-order valence-corrected chi connectivity index (χ1v) is 18.2. The van der Waals surface area contributed by atoms with Crippen LogP contribution in [0.15, 0.2) is 164 Å². The molecule has 234 valence electrons. The molecule has 0 amide bonds. The SMILES string of the molecule is c1ccc(-c2nc(-c3cccc(-c4ccc5c(c4)sc4ccccc45)c3)nc(-c3cccc(-c4ccc5c(c4)sc4ccccc45)c3)n2)cc1. The predicted molar refractivity (Wildman–Crippen MR) is 213 cm³/mol. The minimum Gasteiger partial charge on any atom is -0.208 e.